The minimum atomic E-state index is 1.01. The quantitative estimate of drug-likeness (QED) is 0.529. The fraction of sp³-hybridized carbons (Fsp3) is 0.375. The third-order valence-electron chi connectivity index (χ3n) is 1.13. The van der Waals surface area contributed by atoms with Crippen LogP contribution in [0, 0.1) is 0 Å². The summed E-state index contributed by atoms with van der Waals surface area (Å²) in [5.74, 6) is 2.18. The van der Waals surface area contributed by atoms with Gasteiger partial charge in [-0.2, -0.15) is 0 Å². The van der Waals surface area contributed by atoms with Crippen molar-refractivity contribution >= 4 is 21.6 Å². The van der Waals surface area contributed by atoms with Gasteiger partial charge in [0.05, 0.1) is 5.69 Å². The Balaban J connectivity index is 2.28. The lowest BCUT2D eigenvalue weighted by atomic mass is 10.4. The van der Waals surface area contributed by atoms with E-state index in [0.717, 1.165) is 11.5 Å². The minimum absolute atomic E-state index is 1.01. The maximum absolute atomic E-state index is 4.22. The number of nitrogens with zero attached hydrogens (tertiary/aromatic N) is 1. The predicted molar refractivity (Wildman–Crippen MR) is 53.7 cm³/mol. The molecule has 0 amide bonds. The normalized spacial score (nSPS) is 9.91. The Kier molecular flexibility index (Phi) is 4.47. The third kappa shape index (κ3) is 3.68. The van der Waals surface area contributed by atoms with Crippen LogP contribution < -0.4 is 0 Å². The molecule has 1 heterocycles. The first-order chi connectivity index (χ1) is 5.43. The molecule has 0 radical (unpaired) electrons. The third-order valence-corrected chi connectivity index (χ3v) is 3.51. The van der Waals surface area contributed by atoms with Crippen LogP contribution in [0.15, 0.2) is 24.4 Å². The molecule has 1 aromatic heterocycles. The van der Waals surface area contributed by atoms with Crippen LogP contribution in [0.1, 0.15) is 12.6 Å². The Morgan fingerprint density at radius 2 is 2.27 bits per heavy atom. The predicted octanol–water partition coefficient (Wildman–Crippen LogP) is 2.98. The zero-order valence-corrected chi connectivity index (χ0v) is 8.12. The van der Waals surface area contributed by atoms with Crippen molar-refractivity contribution in [3.8, 4) is 0 Å². The molecule has 1 nitrogen and oxygen atoms in total. The second-order valence-electron chi connectivity index (χ2n) is 1.99. The van der Waals surface area contributed by atoms with Crippen LogP contribution in [0.25, 0.3) is 0 Å². The van der Waals surface area contributed by atoms with Gasteiger partial charge in [0, 0.05) is 17.7 Å². The molecule has 0 aliphatic heterocycles. The smallest absolute Gasteiger partial charge is 0.0511 e. The number of rotatable bonds is 4. The highest BCUT2D eigenvalue weighted by Crippen LogP contribution is 2.23. The Morgan fingerprint density at radius 3 is 2.91 bits per heavy atom. The minimum Gasteiger partial charge on any atom is -0.260 e. The van der Waals surface area contributed by atoms with Crippen molar-refractivity contribution in [2.75, 3.05) is 5.75 Å². The fourth-order valence-electron chi connectivity index (χ4n) is 0.669. The highest BCUT2D eigenvalue weighted by Gasteiger charge is 1.91. The average Bonchev–Trinajstić information content (AvgIpc) is 2.07. The maximum atomic E-state index is 4.22. The number of pyridine rings is 1. The summed E-state index contributed by atoms with van der Waals surface area (Å²) >= 11 is 0. The first kappa shape index (κ1) is 8.94. The topological polar surface area (TPSA) is 12.9 Å². The van der Waals surface area contributed by atoms with Gasteiger partial charge in [0.2, 0.25) is 0 Å². The molecule has 60 valence electrons. The Morgan fingerprint density at radius 1 is 1.36 bits per heavy atom. The van der Waals surface area contributed by atoms with Crippen molar-refractivity contribution in [2.45, 2.75) is 12.7 Å². The Labute approximate surface area is 75.4 Å². The molecule has 0 fully saturated rings. The van der Waals surface area contributed by atoms with Gasteiger partial charge in [-0.15, -0.1) is 0 Å². The van der Waals surface area contributed by atoms with Crippen molar-refractivity contribution in [3.63, 3.8) is 0 Å². The summed E-state index contributed by atoms with van der Waals surface area (Å²) in [6.45, 7) is 2.16. The summed E-state index contributed by atoms with van der Waals surface area (Å²) in [4.78, 5) is 4.22. The lowest BCUT2D eigenvalue weighted by Gasteiger charge is -1.96. The largest absolute Gasteiger partial charge is 0.260 e. The average molecular weight is 185 g/mol. The summed E-state index contributed by atoms with van der Waals surface area (Å²) in [7, 11) is 3.74. The molecule has 0 unspecified atom stereocenters. The fourth-order valence-corrected chi connectivity index (χ4v) is 2.32. The van der Waals surface area contributed by atoms with Crippen LogP contribution in [-0.2, 0) is 5.75 Å². The van der Waals surface area contributed by atoms with E-state index in [2.05, 4.69) is 18.0 Å². The second kappa shape index (κ2) is 5.49. The molecule has 0 aliphatic rings. The van der Waals surface area contributed by atoms with Crippen molar-refractivity contribution in [1.29, 1.82) is 0 Å². The molecule has 1 rings (SSSR count). The lowest BCUT2D eigenvalue weighted by Crippen LogP contribution is -1.82. The van der Waals surface area contributed by atoms with Gasteiger partial charge in [0.15, 0.2) is 0 Å². The zero-order valence-electron chi connectivity index (χ0n) is 6.49. The first-order valence-electron chi connectivity index (χ1n) is 3.58. The van der Waals surface area contributed by atoms with E-state index in [9.17, 15) is 0 Å². The highest BCUT2D eigenvalue weighted by molar-refractivity contribution is 8.76. The first-order valence-corrected chi connectivity index (χ1v) is 6.06. The zero-order chi connectivity index (χ0) is 7.94. The maximum Gasteiger partial charge on any atom is 0.0511 e. The molecule has 0 bridgehead atoms. The van der Waals surface area contributed by atoms with Gasteiger partial charge in [0.1, 0.15) is 0 Å². The standard InChI is InChI=1S/C8H11NS2/c1-2-10-11-7-8-5-3-4-6-9-8/h3-6H,2,7H2,1H3. The summed E-state index contributed by atoms with van der Waals surface area (Å²) in [6.07, 6.45) is 1.84. The van der Waals surface area contributed by atoms with Crippen LogP contribution in [0.5, 0.6) is 0 Å². The monoisotopic (exact) mass is 185 g/mol. The number of hydrogen-bond donors (Lipinski definition) is 0. The lowest BCUT2D eigenvalue weighted by molar-refractivity contribution is 1.18. The van der Waals surface area contributed by atoms with Gasteiger partial charge in [-0.05, 0) is 12.1 Å². The second-order valence-corrected chi connectivity index (χ2v) is 4.74. The summed E-state index contributed by atoms with van der Waals surface area (Å²) in [5.41, 5.74) is 1.17. The van der Waals surface area contributed by atoms with Crippen molar-refractivity contribution in [3.05, 3.63) is 30.1 Å². The molecule has 11 heavy (non-hydrogen) atoms. The summed E-state index contributed by atoms with van der Waals surface area (Å²) in [5, 5.41) is 0. The molecular weight excluding hydrogens is 174 g/mol. The van der Waals surface area contributed by atoms with Gasteiger partial charge >= 0.3 is 0 Å². The van der Waals surface area contributed by atoms with Gasteiger partial charge in [-0.1, -0.05) is 34.6 Å². The van der Waals surface area contributed by atoms with Gasteiger partial charge in [0.25, 0.3) is 0 Å². The van der Waals surface area contributed by atoms with E-state index in [1.165, 1.54) is 5.69 Å². The van der Waals surface area contributed by atoms with E-state index >= 15 is 0 Å². The Hall–Kier alpha value is -0.150. The summed E-state index contributed by atoms with van der Waals surface area (Å²) in [6, 6.07) is 6.03. The summed E-state index contributed by atoms with van der Waals surface area (Å²) < 4.78 is 0. The van der Waals surface area contributed by atoms with Crippen LogP contribution in [0.3, 0.4) is 0 Å². The van der Waals surface area contributed by atoms with E-state index in [4.69, 9.17) is 0 Å². The Bertz CT molecular complexity index is 189. The molecule has 0 spiro atoms. The molecule has 0 aromatic carbocycles. The molecular formula is C8H11NS2. The van der Waals surface area contributed by atoms with Crippen LogP contribution in [0.2, 0.25) is 0 Å². The molecule has 0 saturated heterocycles. The molecule has 0 atom stereocenters. The van der Waals surface area contributed by atoms with Gasteiger partial charge in [-0.25, -0.2) is 0 Å². The molecule has 3 heteroatoms. The van der Waals surface area contributed by atoms with Gasteiger partial charge < -0.3 is 0 Å². The van der Waals surface area contributed by atoms with E-state index in [1.54, 1.807) is 0 Å². The van der Waals surface area contributed by atoms with Crippen LogP contribution in [0.4, 0.5) is 0 Å². The number of hydrogen-bond acceptors (Lipinski definition) is 3. The van der Waals surface area contributed by atoms with Crippen molar-refractivity contribution in [2.24, 2.45) is 0 Å². The van der Waals surface area contributed by atoms with Crippen LogP contribution >= 0.6 is 21.6 Å². The molecule has 1 aromatic rings. The van der Waals surface area contributed by atoms with Crippen LogP contribution in [-0.4, -0.2) is 10.7 Å². The van der Waals surface area contributed by atoms with E-state index in [1.807, 2.05) is 39.9 Å². The van der Waals surface area contributed by atoms with Gasteiger partial charge in [-0.3, -0.25) is 4.98 Å². The highest BCUT2D eigenvalue weighted by atomic mass is 33.1. The van der Waals surface area contributed by atoms with E-state index in [-0.39, 0.29) is 0 Å². The SMILES string of the molecule is CCSSCc1ccccn1. The molecule has 0 saturated carbocycles. The van der Waals surface area contributed by atoms with E-state index in [0.29, 0.717) is 0 Å². The van der Waals surface area contributed by atoms with Crippen molar-refractivity contribution in [1.82, 2.24) is 4.98 Å². The van der Waals surface area contributed by atoms with E-state index < -0.39 is 0 Å². The molecule has 0 N–H and O–H groups in total. The van der Waals surface area contributed by atoms with Crippen molar-refractivity contribution < 1.29 is 0 Å². The molecule has 0 aliphatic carbocycles. The number of aromatic nitrogens is 1.